The van der Waals surface area contributed by atoms with Crippen molar-refractivity contribution in [3.8, 4) is 28.8 Å². The van der Waals surface area contributed by atoms with Gasteiger partial charge in [-0.25, -0.2) is 4.68 Å². The van der Waals surface area contributed by atoms with Gasteiger partial charge in [-0.3, -0.25) is 14.5 Å². The summed E-state index contributed by atoms with van der Waals surface area (Å²) in [6.45, 7) is 7.56. The molecule has 3 aromatic rings. The lowest BCUT2D eigenvalue weighted by atomic mass is 9.93. The Balaban J connectivity index is 1.92. The maximum Gasteiger partial charge on any atom is 0.271 e. The number of carbonyl (C=O) groups is 2. The Morgan fingerprint density at radius 2 is 1.77 bits per heavy atom. The van der Waals surface area contributed by atoms with Gasteiger partial charge in [0.05, 0.1) is 11.8 Å². The number of hydrogen-bond donors (Lipinski definition) is 0. The largest absolute Gasteiger partial charge is 0.491 e. The van der Waals surface area contributed by atoms with Crippen LogP contribution < -0.4 is 4.74 Å². The number of amides is 2. The summed E-state index contributed by atoms with van der Waals surface area (Å²) in [7, 11) is 1.38. The molecule has 1 aromatic heterocycles. The number of carbonyl (C=O) groups excluding carboxylic acids is 2. The van der Waals surface area contributed by atoms with E-state index >= 15 is 0 Å². The minimum atomic E-state index is -0.594. The highest BCUT2D eigenvalue weighted by molar-refractivity contribution is 6.19. The number of nitriles is 1. The Morgan fingerprint density at radius 1 is 1.06 bits per heavy atom. The molecule has 0 atom stereocenters. The zero-order valence-corrected chi connectivity index (χ0v) is 20.4. The van der Waals surface area contributed by atoms with E-state index in [-0.39, 0.29) is 17.3 Å². The predicted octanol–water partition coefficient (Wildman–Crippen LogP) is 4.86. The number of imide groups is 1. The molecular formula is C28H26N4O3. The van der Waals surface area contributed by atoms with Gasteiger partial charge in [0.2, 0.25) is 0 Å². The van der Waals surface area contributed by atoms with E-state index in [1.54, 1.807) is 17.7 Å². The van der Waals surface area contributed by atoms with E-state index in [9.17, 15) is 14.9 Å². The Morgan fingerprint density at radius 3 is 2.40 bits per heavy atom. The second-order valence-electron chi connectivity index (χ2n) is 8.70. The van der Waals surface area contributed by atoms with E-state index < -0.39 is 11.8 Å². The molecule has 35 heavy (non-hydrogen) atoms. The van der Waals surface area contributed by atoms with Crippen molar-refractivity contribution in [2.45, 2.75) is 33.8 Å². The van der Waals surface area contributed by atoms with Crippen molar-refractivity contribution in [3.63, 3.8) is 0 Å². The van der Waals surface area contributed by atoms with Crippen molar-refractivity contribution in [2.24, 2.45) is 0 Å². The molecule has 2 heterocycles. The number of likely N-dealkylation sites (N-methyl/N-ethyl adjacent to an activating group) is 1. The minimum Gasteiger partial charge on any atom is -0.491 e. The van der Waals surface area contributed by atoms with Crippen LogP contribution >= 0.6 is 0 Å². The van der Waals surface area contributed by atoms with Crippen LogP contribution in [0, 0.1) is 18.3 Å². The van der Waals surface area contributed by atoms with Crippen molar-refractivity contribution >= 4 is 17.9 Å². The van der Waals surface area contributed by atoms with E-state index in [0.29, 0.717) is 16.8 Å². The first-order valence-electron chi connectivity index (χ1n) is 11.3. The lowest BCUT2D eigenvalue weighted by Gasteiger charge is -2.23. The van der Waals surface area contributed by atoms with E-state index in [0.717, 1.165) is 27.5 Å². The van der Waals surface area contributed by atoms with Crippen LogP contribution in [-0.4, -0.2) is 39.6 Å². The van der Waals surface area contributed by atoms with Crippen molar-refractivity contribution in [1.29, 1.82) is 5.26 Å². The molecule has 0 bridgehead atoms. The van der Waals surface area contributed by atoms with Gasteiger partial charge in [0.25, 0.3) is 11.8 Å². The Hall–Kier alpha value is -4.44. The molecule has 4 rings (SSSR count). The van der Waals surface area contributed by atoms with Crippen molar-refractivity contribution in [1.82, 2.24) is 14.7 Å². The van der Waals surface area contributed by atoms with Gasteiger partial charge < -0.3 is 4.74 Å². The summed E-state index contributed by atoms with van der Waals surface area (Å²) in [5.41, 5.74) is 4.69. The quantitative estimate of drug-likeness (QED) is 0.396. The molecule has 1 aliphatic rings. The number of ether oxygens (including phenoxy) is 1. The second-order valence-corrected chi connectivity index (χ2v) is 8.70. The average Bonchev–Trinajstić information content (AvgIpc) is 3.25. The second kappa shape index (κ2) is 9.43. The molecule has 0 fully saturated rings. The first-order valence-corrected chi connectivity index (χ1v) is 11.3. The van der Waals surface area contributed by atoms with Gasteiger partial charge in [-0.2, -0.15) is 10.4 Å². The highest BCUT2D eigenvalue weighted by Crippen LogP contribution is 2.33. The van der Waals surface area contributed by atoms with Gasteiger partial charge >= 0.3 is 0 Å². The average molecular weight is 467 g/mol. The van der Waals surface area contributed by atoms with E-state index in [1.165, 1.54) is 7.05 Å². The maximum atomic E-state index is 13.0. The molecule has 1 aliphatic heterocycles. The fraction of sp³-hybridized carbons (Fsp3) is 0.214. The van der Waals surface area contributed by atoms with Crippen LogP contribution in [0.1, 0.15) is 31.9 Å². The Kier molecular flexibility index (Phi) is 6.39. The summed E-state index contributed by atoms with van der Waals surface area (Å²) in [5.74, 6) is -0.282. The van der Waals surface area contributed by atoms with Crippen LogP contribution in [0.5, 0.6) is 5.75 Å². The Labute approximate surface area is 204 Å². The predicted molar refractivity (Wildman–Crippen MR) is 134 cm³/mol. The van der Waals surface area contributed by atoms with Gasteiger partial charge in [0, 0.05) is 29.9 Å². The lowest BCUT2D eigenvalue weighted by molar-refractivity contribution is -0.138. The van der Waals surface area contributed by atoms with Gasteiger partial charge in [-0.1, -0.05) is 18.2 Å². The molecule has 7 nitrogen and oxygen atoms in total. The molecular weight excluding hydrogens is 440 g/mol. The molecule has 0 saturated carbocycles. The molecule has 2 aromatic carbocycles. The summed E-state index contributed by atoms with van der Waals surface area (Å²) < 4.78 is 7.59. The fourth-order valence-electron chi connectivity index (χ4n) is 4.02. The summed E-state index contributed by atoms with van der Waals surface area (Å²) in [5, 5.41) is 14.4. The molecule has 0 saturated heterocycles. The van der Waals surface area contributed by atoms with Gasteiger partial charge in [0.1, 0.15) is 23.1 Å². The number of hydrogen-bond acceptors (Lipinski definition) is 5. The Bertz CT molecular complexity index is 1420. The van der Waals surface area contributed by atoms with Crippen LogP contribution in [0.25, 0.3) is 23.0 Å². The van der Waals surface area contributed by atoms with E-state index in [2.05, 4.69) is 0 Å². The van der Waals surface area contributed by atoms with Crippen molar-refractivity contribution < 1.29 is 14.3 Å². The number of aryl methyl sites for hydroxylation is 1. The van der Waals surface area contributed by atoms with Crippen LogP contribution in [-0.2, 0) is 9.59 Å². The van der Waals surface area contributed by atoms with Gasteiger partial charge in [-0.15, -0.1) is 0 Å². The molecule has 0 N–H and O–H groups in total. The fourth-order valence-corrected chi connectivity index (χ4v) is 4.02. The normalized spacial score (nSPS) is 15.2. The number of benzene rings is 2. The topological polar surface area (TPSA) is 88.2 Å². The third kappa shape index (κ3) is 4.51. The number of rotatable bonds is 5. The molecule has 0 unspecified atom stereocenters. The SMILES string of the molecule is CC1=C(C#N)C(=O)N(C)C(=O)C1=Cc1cn(-c2ccccc2)nc1-c1ccc(OC(C)C)cc1C. The molecule has 7 heteroatoms. The maximum absolute atomic E-state index is 13.0. The highest BCUT2D eigenvalue weighted by Gasteiger charge is 2.33. The molecule has 2 amide bonds. The first-order chi connectivity index (χ1) is 16.7. The van der Waals surface area contributed by atoms with Gasteiger partial charge in [0.15, 0.2) is 0 Å². The van der Waals surface area contributed by atoms with Crippen molar-refractivity contribution in [3.05, 3.63) is 82.6 Å². The zero-order valence-electron chi connectivity index (χ0n) is 20.4. The smallest absolute Gasteiger partial charge is 0.271 e. The standard InChI is InChI=1S/C28H26N4O3/c1-17(2)35-22-11-12-23(18(3)13-22)26-20(16-32(30-26)21-9-7-6-8-10-21)14-24-19(4)25(15-29)28(34)31(5)27(24)33/h6-14,16-17H,1-5H3. The number of para-hydroxylation sites is 1. The summed E-state index contributed by atoms with van der Waals surface area (Å²) in [6, 6.07) is 17.4. The molecule has 176 valence electrons. The third-order valence-corrected chi connectivity index (χ3v) is 5.83. The van der Waals surface area contributed by atoms with Crippen LogP contribution in [0.15, 0.2) is 71.4 Å². The molecule has 0 spiro atoms. The summed E-state index contributed by atoms with van der Waals surface area (Å²) in [6.07, 6.45) is 3.61. The first kappa shape index (κ1) is 23.7. The molecule has 0 radical (unpaired) electrons. The summed E-state index contributed by atoms with van der Waals surface area (Å²) >= 11 is 0. The monoisotopic (exact) mass is 466 g/mol. The van der Waals surface area contributed by atoms with Crippen LogP contribution in [0.3, 0.4) is 0 Å². The summed E-state index contributed by atoms with van der Waals surface area (Å²) in [4.78, 5) is 26.3. The zero-order chi connectivity index (χ0) is 25.3. The number of aromatic nitrogens is 2. The lowest BCUT2D eigenvalue weighted by Crippen LogP contribution is -2.39. The third-order valence-electron chi connectivity index (χ3n) is 5.83. The van der Waals surface area contributed by atoms with Crippen LogP contribution in [0.4, 0.5) is 0 Å². The molecule has 0 aliphatic carbocycles. The minimum absolute atomic E-state index is 0.0401. The van der Waals surface area contributed by atoms with E-state index in [4.69, 9.17) is 9.84 Å². The number of nitrogens with zero attached hydrogens (tertiary/aromatic N) is 4. The van der Waals surface area contributed by atoms with Crippen molar-refractivity contribution in [2.75, 3.05) is 7.05 Å². The van der Waals surface area contributed by atoms with E-state index in [1.807, 2.05) is 81.6 Å². The highest BCUT2D eigenvalue weighted by atomic mass is 16.5. The van der Waals surface area contributed by atoms with Crippen LogP contribution in [0.2, 0.25) is 0 Å². The van der Waals surface area contributed by atoms with Gasteiger partial charge in [-0.05, 0) is 75.2 Å².